The predicted molar refractivity (Wildman–Crippen MR) is 139 cm³/mol. The Morgan fingerprint density at radius 3 is 2.08 bits per heavy atom. The number of nitrogens with two attached hydrogens (primary N) is 1. The molecule has 2 saturated heterocycles. The first-order chi connectivity index (χ1) is 17.9. The topological polar surface area (TPSA) is 120 Å². The van der Waals surface area contributed by atoms with Gasteiger partial charge < -0.3 is 24.8 Å². The van der Waals surface area contributed by atoms with E-state index in [4.69, 9.17) is 24.9 Å². The SMILES string of the molecule is COc1ccc(C2CC(=O)N(C3CCN(c4nc(N)c5cc(OC)c(OC)cc5n4)CC3)C(=O)C2)cc1. The average molecular weight is 506 g/mol. The molecule has 1 aromatic heterocycles. The van der Waals surface area contributed by atoms with E-state index in [0.29, 0.717) is 72.9 Å². The molecular formula is C27H31N5O5. The number of nitrogens with zero attached hydrogens (tertiary/aromatic N) is 4. The van der Waals surface area contributed by atoms with Crippen LogP contribution in [0, 0.1) is 0 Å². The molecule has 0 radical (unpaired) electrons. The molecule has 2 amide bonds. The van der Waals surface area contributed by atoms with E-state index in [1.807, 2.05) is 29.2 Å². The summed E-state index contributed by atoms with van der Waals surface area (Å²) < 4.78 is 16.0. The van der Waals surface area contributed by atoms with E-state index >= 15 is 0 Å². The zero-order valence-electron chi connectivity index (χ0n) is 21.3. The molecule has 10 heteroatoms. The van der Waals surface area contributed by atoms with Gasteiger partial charge in [0.2, 0.25) is 17.8 Å². The Labute approximate surface area is 215 Å². The van der Waals surface area contributed by atoms with Gasteiger partial charge >= 0.3 is 0 Å². The lowest BCUT2D eigenvalue weighted by Crippen LogP contribution is -2.52. The lowest BCUT2D eigenvalue weighted by atomic mass is 9.87. The summed E-state index contributed by atoms with van der Waals surface area (Å²) in [6, 6.07) is 11.0. The fraction of sp³-hybridized carbons (Fsp3) is 0.407. The molecule has 0 spiro atoms. The second-order valence-corrected chi connectivity index (χ2v) is 9.39. The van der Waals surface area contributed by atoms with E-state index in [-0.39, 0.29) is 23.8 Å². The molecule has 0 unspecified atom stereocenters. The molecule has 3 aromatic rings. The number of anilines is 2. The van der Waals surface area contributed by atoms with Crippen LogP contribution in [-0.2, 0) is 9.59 Å². The van der Waals surface area contributed by atoms with Crippen molar-refractivity contribution in [3.05, 3.63) is 42.0 Å². The van der Waals surface area contributed by atoms with Crippen LogP contribution in [0.2, 0.25) is 0 Å². The van der Waals surface area contributed by atoms with Crippen LogP contribution in [0.5, 0.6) is 17.2 Å². The van der Waals surface area contributed by atoms with Crippen molar-refractivity contribution < 1.29 is 23.8 Å². The highest BCUT2D eigenvalue weighted by Crippen LogP contribution is 2.36. The highest BCUT2D eigenvalue weighted by atomic mass is 16.5. The average Bonchev–Trinajstić information content (AvgIpc) is 2.92. The van der Waals surface area contributed by atoms with E-state index < -0.39 is 0 Å². The number of piperidine rings is 2. The first kappa shape index (κ1) is 24.6. The molecule has 0 aliphatic carbocycles. The molecule has 0 atom stereocenters. The Balaban J connectivity index is 1.27. The summed E-state index contributed by atoms with van der Waals surface area (Å²) in [5.74, 6) is 2.43. The number of methoxy groups -OCH3 is 3. The normalized spacial score (nSPS) is 17.4. The Kier molecular flexibility index (Phi) is 6.73. The minimum atomic E-state index is -0.129. The summed E-state index contributed by atoms with van der Waals surface area (Å²) in [5, 5.41) is 0.687. The number of rotatable bonds is 6. The number of likely N-dealkylation sites (tertiary alicyclic amines) is 1. The number of benzene rings is 2. The third-order valence-electron chi connectivity index (χ3n) is 7.30. The monoisotopic (exact) mass is 505 g/mol. The second-order valence-electron chi connectivity index (χ2n) is 9.39. The number of ether oxygens (including phenoxy) is 3. The lowest BCUT2D eigenvalue weighted by molar-refractivity contribution is -0.152. The van der Waals surface area contributed by atoms with Crippen molar-refractivity contribution in [3.63, 3.8) is 0 Å². The Hall–Kier alpha value is -4.08. The Morgan fingerprint density at radius 2 is 1.49 bits per heavy atom. The second kappa shape index (κ2) is 10.1. The van der Waals surface area contributed by atoms with Gasteiger partial charge in [0.25, 0.3) is 0 Å². The van der Waals surface area contributed by atoms with E-state index in [2.05, 4.69) is 4.98 Å². The van der Waals surface area contributed by atoms with Crippen molar-refractivity contribution in [2.45, 2.75) is 37.6 Å². The van der Waals surface area contributed by atoms with Crippen LogP contribution in [-0.4, -0.2) is 67.1 Å². The van der Waals surface area contributed by atoms with Crippen LogP contribution in [0.15, 0.2) is 36.4 Å². The van der Waals surface area contributed by atoms with Crippen molar-refractivity contribution in [1.82, 2.24) is 14.9 Å². The standard InChI is InChI=1S/C27H31N5O5/c1-35-19-6-4-16(5-7-19)17-12-24(33)32(25(34)13-17)18-8-10-31(11-9-18)27-29-21-15-23(37-3)22(36-2)14-20(21)26(28)30-27/h4-7,14-15,17-18H,8-13H2,1-3H3,(H2,28,29,30). The third kappa shape index (κ3) is 4.71. The number of carbonyl (C=O) groups excluding carboxylic acids is 2. The molecule has 0 bridgehead atoms. The molecule has 0 saturated carbocycles. The Morgan fingerprint density at radius 1 is 0.865 bits per heavy atom. The van der Waals surface area contributed by atoms with Gasteiger partial charge in [-0.1, -0.05) is 12.1 Å². The minimum Gasteiger partial charge on any atom is -0.497 e. The fourth-order valence-corrected chi connectivity index (χ4v) is 5.28. The van der Waals surface area contributed by atoms with Gasteiger partial charge in [0.05, 0.1) is 26.8 Å². The van der Waals surface area contributed by atoms with Crippen molar-refractivity contribution in [1.29, 1.82) is 0 Å². The number of carbonyl (C=O) groups is 2. The number of fused-ring (bicyclic) bond motifs is 1. The molecule has 5 rings (SSSR count). The van der Waals surface area contributed by atoms with E-state index in [0.717, 1.165) is 11.3 Å². The largest absolute Gasteiger partial charge is 0.497 e. The summed E-state index contributed by atoms with van der Waals surface area (Å²) in [6.45, 7) is 1.23. The quantitative estimate of drug-likeness (QED) is 0.504. The Bertz CT molecular complexity index is 1300. The smallest absolute Gasteiger partial charge is 0.230 e. The highest BCUT2D eigenvalue weighted by Gasteiger charge is 2.39. The van der Waals surface area contributed by atoms with Crippen LogP contribution in [0.3, 0.4) is 0 Å². The van der Waals surface area contributed by atoms with Gasteiger partial charge in [-0.3, -0.25) is 14.5 Å². The summed E-state index contributed by atoms with van der Waals surface area (Å²) in [7, 11) is 4.75. The van der Waals surface area contributed by atoms with Crippen LogP contribution >= 0.6 is 0 Å². The van der Waals surface area contributed by atoms with E-state index in [1.54, 1.807) is 33.5 Å². The number of hydrogen-bond donors (Lipinski definition) is 1. The molecule has 37 heavy (non-hydrogen) atoms. The molecule has 2 N–H and O–H groups in total. The number of aromatic nitrogens is 2. The maximum atomic E-state index is 13.1. The zero-order chi connectivity index (χ0) is 26.1. The van der Waals surface area contributed by atoms with E-state index in [9.17, 15) is 9.59 Å². The first-order valence-electron chi connectivity index (χ1n) is 12.3. The number of hydrogen-bond acceptors (Lipinski definition) is 9. The number of amides is 2. The van der Waals surface area contributed by atoms with Crippen LogP contribution in [0.4, 0.5) is 11.8 Å². The molecule has 2 aliphatic rings. The molecule has 3 heterocycles. The van der Waals surface area contributed by atoms with Crippen LogP contribution < -0.4 is 24.8 Å². The molecule has 2 aromatic carbocycles. The van der Waals surface area contributed by atoms with Crippen molar-refractivity contribution in [2.24, 2.45) is 0 Å². The molecular weight excluding hydrogens is 474 g/mol. The maximum Gasteiger partial charge on any atom is 0.230 e. The number of imide groups is 1. The number of nitrogen functional groups attached to an aromatic ring is 1. The molecule has 194 valence electrons. The maximum absolute atomic E-state index is 13.1. The summed E-state index contributed by atoms with van der Waals surface area (Å²) >= 11 is 0. The zero-order valence-corrected chi connectivity index (χ0v) is 21.3. The lowest BCUT2D eigenvalue weighted by Gasteiger charge is -2.40. The minimum absolute atomic E-state index is 0.105. The van der Waals surface area contributed by atoms with Gasteiger partial charge in [0.15, 0.2) is 11.5 Å². The van der Waals surface area contributed by atoms with Gasteiger partial charge in [0.1, 0.15) is 11.6 Å². The highest BCUT2D eigenvalue weighted by molar-refractivity contribution is 5.99. The van der Waals surface area contributed by atoms with Gasteiger partial charge in [-0.05, 0) is 36.6 Å². The predicted octanol–water partition coefficient (Wildman–Crippen LogP) is 3.14. The first-order valence-corrected chi connectivity index (χ1v) is 12.3. The summed E-state index contributed by atoms with van der Waals surface area (Å²) in [4.78, 5) is 38.9. The summed E-state index contributed by atoms with van der Waals surface area (Å²) in [6.07, 6.45) is 1.96. The van der Waals surface area contributed by atoms with Crippen LogP contribution in [0.1, 0.15) is 37.2 Å². The fourth-order valence-electron chi connectivity index (χ4n) is 5.28. The third-order valence-corrected chi connectivity index (χ3v) is 7.30. The van der Waals surface area contributed by atoms with Gasteiger partial charge in [-0.25, -0.2) is 4.98 Å². The molecule has 2 aliphatic heterocycles. The van der Waals surface area contributed by atoms with Crippen molar-refractivity contribution in [2.75, 3.05) is 45.1 Å². The molecule has 10 nitrogen and oxygen atoms in total. The van der Waals surface area contributed by atoms with E-state index in [1.165, 1.54) is 4.90 Å². The van der Waals surface area contributed by atoms with Gasteiger partial charge in [0, 0.05) is 49.3 Å². The van der Waals surface area contributed by atoms with Gasteiger partial charge in [-0.2, -0.15) is 4.98 Å². The van der Waals surface area contributed by atoms with Crippen molar-refractivity contribution in [3.8, 4) is 17.2 Å². The summed E-state index contributed by atoms with van der Waals surface area (Å²) in [5.41, 5.74) is 7.90. The molecule has 2 fully saturated rings. The van der Waals surface area contributed by atoms with Crippen LogP contribution in [0.25, 0.3) is 10.9 Å². The van der Waals surface area contributed by atoms with Gasteiger partial charge in [-0.15, -0.1) is 0 Å². The van der Waals surface area contributed by atoms with Crippen molar-refractivity contribution >= 4 is 34.5 Å².